The van der Waals surface area contributed by atoms with Crippen molar-refractivity contribution in [2.75, 3.05) is 40.9 Å². The molecule has 0 bridgehead atoms. The molecule has 3 unspecified atom stereocenters. The lowest BCUT2D eigenvalue weighted by Gasteiger charge is -2.27. The van der Waals surface area contributed by atoms with Gasteiger partial charge in [0.05, 0.1) is 33.8 Å². The molecule has 0 saturated carbocycles. The number of hydrogen-bond donors (Lipinski definition) is 2. The quantitative estimate of drug-likeness (QED) is 0.0205. The van der Waals surface area contributed by atoms with Gasteiger partial charge in [0.1, 0.15) is 19.3 Å². The molecule has 3 atom stereocenters. The van der Waals surface area contributed by atoms with Gasteiger partial charge in [-0.3, -0.25) is 18.6 Å². The van der Waals surface area contributed by atoms with Crippen molar-refractivity contribution in [2.24, 2.45) is 0 Å². The number of ether oxygens (including phenoxy) is 1. The van der Waals surface area contributed by atoms with Gasteiger partial charge in [0.2, 0.25) is 5.91 Å². The first kappa shape index (κ1) is 77.2. The maximum atomic E-state index is 13.6. The molecule has 0 aromatic rings. The molecule has 9 nitrogen and oxygen atoms in total. The van der Waals surface area contributed by atoms with Gasteiger partial charge in [0.15, 0.2) is 0 Å². The number of rotatable bonds is 60. The molecule has 80 heavy (non-hydrogen) atoms. The molecule has 0 radical (unpaired) electrons. The number of quaternary nitrogens is 1. The van der Waals surface area contributed by atoms with Crippen LogP contribution in [0.3, 0.4) is 0 Å². The Morgan fingerprint density at radius 2 is 0.800 bits per heavy atom. The third-order valence-corrected chi connectivity index (χ3v) is 15.6. The molecular formula is C70H128N2O7P+. The Bertz CT molecular complexity index is 1640. The summed E-state index contributed by atoms with van der Waals surface area (Å²) in [7, 11) is 1.48. The van der Waals surface area contributed by atoms with Crippen LogP contribution in [0.2, 0.25) is 0 Å². The summed E-state index contributed by atoms with van der Waals surface area (Å²) in [6, 6.07) is -0.859. The van der Waals surface area contributed by atoms with Crippen LogP contribution in [0.15, 0.2) is 85.1 Å². The molecule has 10 heteroatoms. The van der Waals surface area contributed by atoms with Crippen molar-refractivity contribution in [1.82, 2.24) is 5.32 Å². The second-order valence-corrected chi connectivity index (χ2v) is 25.1. The van der Waals surface area contributed by atoms with Crippen LogP contribution in [0, 0.1) is 0 Å². The van der Waals surface area contributed by atoms with E-state index in [0.717, 1.165) is 122 Å². The number of allylic oxidation sites excluding steroid dienone is 13. The number of carbonyl (C=O) groups is 2. The number of esters is 1. The van der Waals surface area contributed by atoms with Crippen LogP contribution in [-0.4, -0.2) is 74.3 Å². The summed E-state index contributed by atoms with van der Waals surface area (Å²) in [4.78, 5) is 37.8. The van der Waals surface area contributed by atoms with Gasteiger partial charge >= 0.3 is 13.8 Å². The molecule has 0 aliphatic heterocycles. The van der Waals surface area contributed by atoms with Gasteiger partial charge < -0.3 is 19.4 Å². The number of phosphoric ester groups is 1. The summed E-state index contributed by atoms with van der Waals surface area (Å²) < 4.78 is 30.8. The van der Waals surface area contributed by atoms with E-state index in [4.69, 9.17) is 13.8 Å². The van der Waals surface area contributed by atoms with E-state index >= 15 is 0 Å². The summed E-state index contributed by atoms with van der Waals surface area (Å²) in [5.74, 6) is -0.518. The van der Waals surface area contributed by atoms with E-state index in [9.17, 15) is 19.0 Å². The molecule has 464 valence electrons. The number of amides is 1. The number of nitrogens with zero attached hydrogens (tertiary/aromatic N) is 1. The number of unbranched alkanes of at least 4 members (excludes halogenated alkanes) is 32. The lowest BCUT2D eigenvalue weighted by Crippen LogP contribution is -2.47. The summed E-state index contributed by atoms with van der Waals surface area (Å²) in [6.45, 7) is 6.91. The van der Waals surface area contributed by atoms with Crippen LogP contribution < -0.4 is 5.32 Å². The largest absolute Gasteiger partial charge is 0.472 e. The Morgan fingerprint density at radius 3 is 1.21 bits per heavy atom. The van der Waals surface area contributed by atoms with Crippen LogP contribution in [0.25, 0.3) is 0 Å². The monoisotopic (exact) mass is 1140 g/mol. The van der Waals surface area contributed by atoms with Crippen LogP contribution in [0.4, 0.5) is 0 Å². The van der Waals surface area contributed by atoms with E-state index in [2.05, 4.69) is 99.0 Å². The molecule has 0 rings (SSSR count). The molecule has 1 amide bonds. The highest BCUT2D eigenvalue weighted by molar-refractivity contribution is 7.47. The van der Waals surface area contributed by atoms with Crippen LogP contribution in [-0.2, 0) is 27.9 Å². The van der Waals surface area contributed by atoms with E-state index in [0.29, 0.717) is 17.4 Å². The number of likely N-dealkylation sites (N-methyl/N-ethyl adjacent to an activating group) is 1. The Labute approximate surface area is 495 Å². The first-order valence-electron chi connectivity index (χ1n) is 33.4. The first-order valence-corrected chi connectivity index (χ1v) is 34.9. The molecule has 0 heterocycles. The van der Waals surface area contributed by atoms with Crippen molar-refractivity contribution in [2.45, 2.75) is 309 Å². The highest BCUT2D eigenvalue weighted by Crippen LogP contribution is 2.43. The summed E-state index contributed by atoms with van der Waals surface area (Å²) in [5.41, 5.74) is 0. The number of carbonyl (C=O) groups excluding carboxylic acids is 2. The zero-order chi connectivity index (χ0) is 58.6. The van der Waals surface area contributed by atoms with Gasteiger partial charge in [-0.15, -0.1) is 0 Å². The lowest BCUT2D eigenvalue weighted by molar-refractivity contribution is -0.870. The summed E-state index contributed by atoms with van der Waals surface area (Å²) in [6.07, 6.45) is 78.7. The Morgan fingerprint density at radius 1 is 0.450 bits per heavy atom. The third kappa shape index (κ3) is 59.8. The van der Waals surface area contributed by atoms with Gasteiger partial charge in [0.25, 0.3) is 0 Å². The van der Waals surface area contributed by atoms with Crippen molar-refractivity contribution >= 4 is 19.7 Å². The minimum atomic E-state index is -4.46. The van der Waals surface area contributed by atoms with Gasteiger partial charge in [0, 0.05) is 12.8 Å². The highest BCUT2D eigenvalue weighted by atomic mass is 31.2. The Balaban J connectivity index is 5.18. The standard InChI is InChI=1S/C70H127N2O7P/c1-7-10-13-16-19-22-25-28-30-32-33-34-35-36-37-38-39-40-42-45-48-51-54-57-60-63-70(74)79-68(61-58-55-52-49-46-43-27-24-21-18-15-12-9-3)67(66-78-80(75,76)77-65-64-72(4,5)6)71-69(73)62-59-56-53-50-47-44-41-31-29-26-23-20-17-14-11-8-2/h10,13,19,22,28,30-31,33-34,36-37,41,58,61,67-68H,7-9,11-12,14-18,20-21,23-27,29,32,35,38-40,42-57,59-60,62-66H2,1-6H3,(H-,71,73,75,76)/p+1/b13-10-,22-19-,30-28-,34-33-,37-36-,41-31+,61-58-. The number of phosphoric acid groups is 1. The fraction of sp³-hybridized carbons (Fsp3) is 0.771. The SMILES string of the molecule is CC/C=C\C/C=C\C/C=C\C/C=C\C/C=C\CCCCCCCCCCCC(=O)OC(/C=C\CCCCCCCCCCCCC)C(COP(=O)(O)OCC[N+](C)(C)C)NC(=O)CCCCCCC/C=C/CCCCCCCCC. The van der Waals surface area contributed by atoms with Crippen molar-refractivity contribution in [1.29, 1.82) is 0 Å². The minimum absolute atomic E-state index is 0.0353. The van der Waals surface area contributed by atoms with Gasteiger partial charge in [-0.2, -0.15) is 0 Å². The van der Waals surface area contributed by atoms with E-state index in [1.807, 2.05) is 33.3 Å². The molecule has 2 N–H and O–H groups in total. The molecule has 0 aliphatic carbocycles. The second-order valence-electron chi connectivity index (χ2n) is 23.6. The molecular weight excluding hydrogens is 1010 g/mol. The van der Waals surface area contributed by atoms with Crippen LogP contribution in [0.5, 0.6) is 0 Å². The van der Waals surface area contributed by atoms with Crippen LogP contribution in [0.1, 0.15) is 297 Å². The smallest absolute Gasteiger partial charge is 0.456 e. The molecule has 0 aromatic heterocycles. The lowest BCUT2D eigenvalue weighted by atomic mass is 10.0. The maximum Gasteiger partial charge on any atom is 0.472 e. The number of nitrogens with one attached hydrogen (secondary N) is 1. The van der Waals surface area contributed by atoms with Gasteiger partial charge in [-0.05, 0) is 102 Å². The molecule has 0 fully saturated rings. The summed E-state index contributed by atoms with van der Waals surface area (Å²) in [5, 5.41) is 3.06. The first-order chi connectivity index (χ1) is 38.9. The zero-order valence-corrected chi connectivity index (χ0v) is 54.0. The zero-order valence-electron chi connectivity index (χ0n) is 53.1. The second kappa shape index (κ2) is 59.4. The van der Waals surface area contributed by atoms with Gasteiger partial charge in [-0.1, -0.05) is 267 Å². The average Bonchev–Trinajstić information content (AvgIpc) is 3.42. The Hall–Kier alpha value is -2.81. The maximum absolute atomic E-state index is 13.6. The topological polar surface area (TPSA) is 111 Å². The van der Waals surface area contributed by atoms with Gasteiger partial charge in [-0.25, -0.2) is 4.57 Å². The fourth-order valence-corrected chi connectivity index (χ4v) is 10.2. The molecule has 0 saturated heterocycles. The molecule has 0 spiro atoms. The molecule has 0 aromatic carbocycles. The van der Waals surface area contributed by atoms with Crippen molar-refractivity contribution in [3.05, 3.63) is 85.1 Å². The Kier molecular flexibility index (Phi) is 57.3. The van der Waals surface area contributed by atoms with E-state index in [-0.39, 0.29) is 31.5 Å². The third-order valence-electron chi connectivity index (χ3n) is 14.6. The summed E-state index contributed by atoms with van der Waals surface area (Å²) >= 11 is 0. The van der Waals surface area contributed by atoms with Crippen molar-refractivity contribution in [3.63, 3.8) is 0 Å². The van der Waals surface area contributed by atoms with Crippen molar-refractivity contribution < 1.29 is 37.3 Å². The van der Waals surface area contributed by atoms with E-state index in [1.54, 1.807) is 0 Å². The minimum Gasteiger partial charge on any atom is -0.456 e. The van der Waals surface area contributed by atoms with Crippen molar-refractivity contribution in [3.8, 4) is 0 Å². The average molecular weight is 1140 g/mol. The van der Waals surface area contributed by atoms with E-state index in [1.165, 1.54) is 141 Å². The fourth-order valence-electron chi connectivity index (χ4n) is 9.43. The predicted molar refractivity (Wildman–Crippen MR) is 346 cm³/mol. The normalized spacial score (nSPS) is 14.1. The van der Waals surface area contributed by atoms with E-state index < -0.39 is 20.0 Å². The molecule has 0 aliphatic rings. The predicted octanol–water partition coefficient (Wildman–Crippen LogP) is 21.0. The highest BCUT2D eigenvalue weighted by Gasteiger charge is 2.30. The van der Waals surface area contributed by atoms with Crippen LogP contribution >= 0.6 is 7.82 Å². The number of hydrogen-bond acceptors (Lipinski definition) is 6.